The fourth-order valence-electron chi connectivity index (χ4n) is 1.79. The third kappa shape index (κ3) is 6.14. The summed E-state index contributed by atoms with van der Waals surface area (Å²) >= 11 is 0. The van der Waals surface area contributed by atoms with Gasteiger partial charge in [0, 0.05) is 6.26 Å². The predicted molar refractivity (Wildman–Crippen MR) is 81.9 cm³/mol. The minimum atomic E-state index is -3.12. The van der Waals surface area contributed by atoms with Crippen LogP contribution in [0.4, 0.5) is 0 Å². The zero-order valence-electron chi connectivity index (χ0n) is 12.5. The summed E-state index contributed by atoms with van der Waals surface area (Å²) in [6.07, 6.45) is 1.23. The number of methoxy groups -OCH3 is 1. The van der Waals surface area contributed by atoms with Gasteiger partial charge in [-0.05, 0) is 31.0 Å². The van der Waals surface area contributed by atoms with Gasteiger partial charge in [-0.3, -0.25) is 4.79 Å². The maximum Gasteiger partial charge on any atom is 0.237 e. The van der Waals surface area contributed by atoms with Crippen molar-refractivity contribution in [3.8, 4) is 5.75 Å². The van der Waals surface area contributed by atoms with Crippen LogP contribution in [-0.2, 0) is 14.6 Å². The van der Waals surface area contributed by atoms with Crippen LogP contribution in [0.25, 0.3) is 0 Å². The zero-order chi connectivity index (χ0) is 16.0. The third-order valence-corrected chi connectivity index (χ3v) is 4.07. The van der Waals surface area contributed by atoms with Gasteiger partial charge in [0.2, 0.25) is 5.91 Å². The van der Waals surface area contributed by atoms with E-state index in [0.717, 1.165) is 11.8 Å². The fraction of sp³-hybridized carbons (Fsp3) is 0.500. The smallest absolute Gasteiger partial charge is 0.237 e. The number of nitrogens with two attached hydrogens (primary N) is 1. The Bertz CT molecular complexity index is 586. The summed E-state index contributed by atoms with van der Waals surface area (Å²) in [6.45, 7) is 1.83. The van der Waals surface area contributed by atoms with Crippen LogP contribution >= 0.6 is 0 Å². The molecule has 0 aliphatic rings. The topological polar surface area (TPSA) is 98.5 Å². The maximum atomic E-state index is 11.9. The van der Waals surface area contributed by atoms with E-state index in [4.69, 9.17) is 10.5 Å². The number of carbonyl (C=O) groups is 1. The van der Waals surface area contributed by atoms with Gasteiger partial charge in [-0.1, -0.05) is 12.1 Å². The van der Waals surface area contributed by atoms with Crippen molar-refractivity contribution in [1.29, 1.82) is 0 Å². The molecule has 0 aliphatic heterocycles. The van der Waals surface area contributed by atoms with Gasteiger partial charge in [0.25, 0.3) is 0 Å². The van der Waals surface area contributed by atoms with Gasteiger partial charge in [-0.25, -0.2) is 8.42 Å². The summed E-state index contributed by atoms with van der Waals surface area (Å²) in [7, 11) is -1.55. The zero-order valence-corrected chi connectivity index (χ0v) is 13.3. The molecule has 0 aliphatic carbocycles. The highest BCUT2D eigenvalue weighted by Gasteiger charge is 2.18. The average Bonchev–Trinajstić information content (AvgIpc) is 2.43. The summed E-state index contributed by atoms with van der Waals surface area (Å²) in [5.74, 6) is 0.235. The van der Waals surface area contributed by atoms with Crippen LogP contribution in [0.3, 0.4) is 0 Å². The minimum Gasteiger partial charge on any atom is -0.497 e. The lowest BCUT2D eigenvalue weighted by Crippen LogP contribution is -2.42. The van der Waals surface area contributed by atoms with Crippen LogP contribution in [-0.4, -0.2) is 39.5 Å². The molecule has 0 aromatic heterocycles. The number of carbonyl (C=O) groups excluding carboxylic acids is 1. The van der Waals surface area contributed by atoms with Gasteiger partial charge in [-0.2, -0.15) is 0 Å². The molecule has 0 saturated heterocycles. The SMILES string of the molecule is COc1cccc([C@@H](C)NC(=O)C(N)CCS(C)(=O)=O)c1. The van der Waals surface area contributed by atoms with E-state index in [0.29, 0.717) is 5.75 Å². The van der Waals surface area contributed by atoms with Crippen molar-refractivity contribution in [2.24, 2.45) is 5.73 Å². The van der Waals surface area contributed by atoms with Gasteiger partial charge in [0.15, 0.2) is 0 Å². The van der Waals surface area contributed by atoms with E-state index >= 15 is 0 Å². The number of amides is 1. The van der Waals surface area contributed by atoms with Crippen molar-refractivity contribution in [2.45, 2.75) is 25.4 Å². The molecule has 6 nitrogen and oxygen atoms in total. The quantitative estimate of drug-likeness (QED) is 0.769. The van der Waals surface area contributed by atoms with Crippen LogP contribution < -0.4 is 15.8 Å². The number of hydrogen-bond donors (Lipinski definition) is 2. The monoisotopic (exact) mass is 314 g/mol. The Labute approximate surface area is 125 Å². The molecule has 1 aromatic rings. The molecule has 2 atom stereocenters. The van der Waals surface area contributed by atoms with E-state index < -0.39 is 15.9 Å². The van der Waals surface area contributed by atoms with Crippen LogP contribution in [0, 0.1) is 0 Å². The first-order chi connectivity index (χ1) is 9.73. The van der Waals surface area contributed by atoms with E-state index in [2.05, 4.69) is 5.32 Å². The Kier molecular flexibility index (Phi) is 6.17. The molecule has 0 bridgehead atoms. The molecule has 3 N–H and O–H groups in total. The highest BCUT2D eigenvalue weighted by Crippen LogP contribution is 2.18. The lowest BCUT2D eigenvalue weighted by atomic mass is 10.1. The van der Waals surface area contributed by atoms with E-state index in [1.54, 1.807) is 7.11 Å². The van der Waals surface area contributed by atoms with Gasteiger partial charge in [0.05, 0.1) is 24.9 Å². The van der Waals surface area contributed by atoms with Crippen LogP contribution in [0.15, 0.2) is 24.3 Å². The molecule has 1 aromatic carbocycles. The summed E-state index contributed by atoms with van der Waals surface area (Å²) in [5, 5.41) is 2.77. The molecule has 0 spiro atoms. The maximum absolute atomic E-state index is 11.9. The van der Waals surface area contributed by atoms with Gasteiger partial charge in [-0.15, -0.1) is 0 Å². The molecule has 1 rings (SSSR count). The minimum absolute atomic E-state index is 0.102. The van der Waals surface area contributed by atoms with E-state index in [-0.39, 0.29) is 24.1 Å². The standard InChI is InChI=1S/C14H22N2O4S/c1-10(11-5-4-6-12(9-11)20-2)16-14(17)13(15)7-8-21(3,18)19/h4-6,9-10,13H,7-8,15H2,1-3H3,(H,16,17)/t10-,13?/m1/s1. The lowest BCUT2D eigenvalue weighted by Gasteiger charge is -2.18. The Morgan fingerprint density at radius 1 is 1.43 bits per heavy atom. The summed E-state index contributed by atoms with van der Waals surface area (Å²) in [4.78, 5) is 11.9. The molecular formula is C14H22N2O4S. The summed E-state index contributed by atoms with van der Waals surface area (Å²) in [6, 6.07) is 6.27. The van der Waals surface area contributed by atoms with E-state index in [1.807, 2.05) is 31.2 Å². The highest BCUT2D eigenvalue weighted by atomic mass is 32.2. The molecule has 118 valence electrons. The Morgan fingerprint density at radius 2 is 2.10 bits per heavy atom. The molecule has 1 unspecified atom stereocenters. The molecule has 0 fully saturated rings. The molecule has 1 amide bonds. The number of nitrogens with one attached hydrogen (secondary N) is 1. The van der Waals surface area contributed by atoms with Gasteiger partial charge >= 0.3 is 0 Å². The Balaban J connectivity index is 2.60. The molecule has 0 radical (unpaired) electrons. The second-order valence-corrected chi connectivity index (χ2v) is 7.29. The third-order valence-electron chi connectivity index (χ3n) is 3.09. The van der Waals surface area contributed by atoms with E-state index in [1.165, 1.54) is 0 Å². The molecule has 0 heterocycles. The van der Waals surface area contributed by atoms with Gasteiger partial charge < -0.3 is 15.8 Å². The largest absolute Gasteiger partial charge is 0.497 e. The lowest BCUT2D eigenvalue weighted by molar-refractivity contribution is -0.123. The van der Waals surface area contributed by atoms with Crippen molar-refractivity contribution in [3.05, 3.63) is 29.8 Å². The first-order valence-corrected chi connectivity index (χ1v) is 8.66. The van der Waals surface area contributed by atoms with Crippen LogP contribution in [0.2, 0.25) is 0 Å². The second kappa shape index (κ2) is 7.42. The molecule has 0 saturated carbocycles. The second-order valence-electron chi connectivity index (χ2n) is 5.03. The average molecular weight is 314 g/mol. The fourth-order valence-corrected chi connectivity index (χ4v) is 2.47. The Morgan fingerprint density at radius 3 is 2.67 bits per heavy atom. The van der Waals surface area contributed by atoms with Crippen molar-refractivity contribution in [2.75, 3.05) is 19.1 Å². The number of hydrogen-bond acceptors (Lipinski definition) is 5. The first-order valence-electron chi connectivity index (χ1n) is 6.60. The number of benzene rings is 1. The predicted octanol–water partition coefficient (Wildman–Crippen LogP) is 0.634. The first kappa shape index (κ1) is 17.5. The van der Waals surface area contributed by atoms with Gasteiger partial charge in [0.1, 0.15) is 15.6 Å². The number of rotatable bonds is 7. The number of sulfone groups is 1. The van der Waals surface area contributed by atoms with Crippen molar-refractivity contribution < 1.29 is 17.9 Å². The molecule has 7 heteroatoms. The normalized spacial score (nSPS) is 14.3. The summed E-state index contributed by atoms with van der Waals surface area (Å²) in [5.41, 5.74) is 6.59. The van der Waals surface area contributed by atoms with Crippen LogP contribution in [0.1, 0.15) is 24.9 Å². The highest BCUT2D eigenvalue weighted by molar-refractivity contribution is 7.90. The van der Waals surface area contributed by atoms with Crippen molar-refractivity contribution >= 4 is 15.7 Å². The number of ether oxygens (including phenoxy) is 1. The van der Waals surface area contributed by atoms with E-state index in [9.17, 15) is 13.2 Å². The van der Waals surface area contributed by atoms with Crippen LogP contribution in [0.5, 0.6) is 5.75 Å². The van der Waals surface area contributed by atoms with Crippen molar-refractivity contribution in [1.82, 2.24) is 5.32 Å². The molecular weight excluding hydrogens is 292 g/mol. The molecule has 21 heavy (non-hydrogen) atoms. The summed E-state index contributed by atoms with van der Waals surface area (Å²) < 4.78 is 27.3. The Hall–Kier alpha value is -1.60. The van der Waals surface area contributed by atoms with Crippen molar-refractivity contribution in [3.63, 3.8) is 0 Å².